The van der Waals surface area contributed by atoms with E-state index >= 15 is 0 Å². The first-order chi connectivity index (χ1) is 13.2. The van der Waals surface area contributed by atoms with Gasteiger partial charge in [0.15, 0.2) is 11.5 Å². The zero-order valence-electron chi connectivity index (χ0n) is 15.8. The average molecular weight is 370 g/mol. The molecule has 2 atom stereocenters. The highest BCUT2D eigenvalue weighted by molar-refractivity contribution is 5.73. The van der Waals surface area contributed by atoms with Crippen molar-refractivity contribution in [2.24, 2.45) is 0 Å². The van der Waals surface area contributed by atoms with Crippen molar-refractivity contribution in [2.75, 3.05) is 20.3 Å². The topological polar surface area (TPSA) is 71.9 Å². The molecule has 0 saturated carbocycles. The molecule has 1 aliphatic rings. The molecule has 3 rings (SSSR count). The van der Waals surface area contributed by atoms with Gasteiger partial charge in [-0.3, -0.25) is 14.7 Å². The van der Waals surface area contributed by atoms with Crippen LogP contribution in [-0.2, 0) is 4.79 Å². The molecule has 0 aliphatic carbocycles. The van der Waals surface area contributed by atoms with Gasteiger partial charge in [-0.1, -0.05) is 18.6 Å². The van der Waals surface area contributed by atoms with E-state index in [0.29, 0.717) is 24.5 Å². The van der Waals surface area contributed by atoms with E-state index in [1.807, 2.05) is 43.5 Å². The van der Waals surface area contributed by atoms with Crippen molar-refractivity contribution < 1.29 is 19.4 Å². The van der Waals surface area contributed by atoms with Crippen molar-refractivity contribution in [1.82, 2.24) is 9.88 Å². The van der Waals surface area contributed by atoms with Crippen LogP contribution in [0.4, 0.5) is 0 Å². The monoisotopic (exact) mass is 370 g/mol. The van der Waals surface area contributed by atoms with E-state index in [2.05, 4.69) is 9.88 Å². The van der Waals surface area contributed by atoms with Crippen molar-refractivity contribution in [3.63, 3.8) is 0 Å². The van der Waals surface area contributed by atoms with E-state index in [9.17, 15) is 9.90 Å². The number of pyridine rings is 1. The first-order valence-corrected chi connectivity index (χ1v) is 9.35. The van der Waals surface area contributed by atoms with Gasteiger partial charge in [-0.2, -0.15) is 0 Å². The molecule has 6 heteroatoms. The lowest BCUT2D eigenvalue weighted by Crippen LogP contribution is -2.46. The molecule has 1 saturated heterocycles. The number of piperidine rings is 1. The van der Waals surface area contributed by atoms with E-state index < -0.39 is 12.0 Å². The van der Waals surface area contributed by atoms with E-state index in [1.165, 1.54) is 0 Å². The highest BCUT2D eigenvalue weighted by Gasteiger charge is 2.35. The number of benzene rings is 1. The summed E-state index contributed by atoms with van der Waals surface area (Å²) in [5.41, 5.74) is 1.94. The molecular formula is C21H26N2O4. The molecule has 1 aromatic carbocycles. The third-order valence-electron chi connectivity index (χ3n) is 4.96. The fourth-order valence-corrected chi connectivity index (χ4v) is 3.77. The summed E-state index contributed by atoms with van der Waals surface area (Å²) in [4.78, 5) is 18.2. The molecule has 1 fully saturated rings. The molecule has 1 aromatic heterocycles. The van der Waals surface area contributed by atoms with E-state index in [-0.39, 0.29) is 6.04 Å². The number of aromatic nitrogens is 1. The number of aliphatic carboxylic acids is 1. The van der Waals surface area contributed by atoms with Crippen LogP contribution in [0.25, 0.3) is 0 Å². The molecule has 6 nitrogen and oxygen atoms in total. The summed E-state index contributed by atoms with van der Waals surface area (Å²) in [7, 11) is 1.61. The number of likely N-dealkylation sites (tertiary alicyclic amines) is 1. The first-order valence-electron chi connectivity index (χ1n) is 9.35. The molecular weight excluding hydrogens is 344 g/mol. The molecule has 0 spiro atoms. The van der Waals surface area contributed by atoms with E-state index in [1.54, 1.807) is 13.3 Å². The lowest BCUT2D eigenvalue weighted by Gasteiger charge is -2.39. The number of hydrogen-bond donors (Lipinski definition) is 1. The fourth-order valence-electron chi connectivity index (χ4n) is 3.77. The van der Waals surface area contributed by atoms with Crippen LogP contribution in [0, 0.1) is 0 Å². The summed E-state index contributed by atoms with van der Waals surface area (Å²) in [5, 5.41) is 9.77. The molecule has 2 heterocycles. The summed E-state index contributed by atoms with van der Waals surface area (Å²) < 4.78 is 11.1. The predicted octanol–water partition coefficient (Wildman–Crippen LogP) is 3.52. The first kappa shape index (κ1) is 19.2. The van der Waals surface area contributed by atoms with Crippen molar-refractivity contribution in [3.05, 3.63) is 53.9 Å². The Morgan fingerprint density at radius 2 is 2.15 bits per heavy atom. The lowest BCUT2D eigenvalue weighted by molar-refractivity contribution is -0.145. The average Bonchev–Trinajstić information content (AvgIpc) is 2.70. The Balaban J connectivity index is 2.08. The SMILES string of the molecule is CCOc1cc(C(c2cccnc2)N2CCCCC2C(=O)O)ccc1OC. The van der Waals surface area contributed by atoms with Crippen molar-refractivity contribution in [1.29, 1.82) is 0 Å². The molecule has 144 valence electrons. The zero-order chi connectivity index (χ0) is 19.2. The minimum Gasteiger partial charge on any atom is -0.493 e. The Bertz CT molecular complexity index is 766. The van der Waals surface area contributed by atoms with Gasteiger partial charge in [0.1, 0.15) is 6.04 Å². The molecule has 0 radical (unpaired) electrons. The number of carboxylic acids is 1. The highest BCUT2D eigenvalue weighted by atomic mass is 16.5. The number of carbonyl (C=O) groups is 1. The van der Waals surface area contributed by atoms with Gasteiger partial charge in [-0.15, -0.1) is 0 Å². The smallest absolute Gasteiger partial charge is 0.320 e. The Morgan fingerprint density at radius 3 is 2.81 bits per heavy atom. The van der Waals surface area contributed by atoms with Crippen LogP contribution in [0.15, 0.2) is 42.7 Å². The van der Waals surface area contributed by atoms with Gasteiger partial charge in [0.05, 0.1) is 19.8 Å². The summed E-state index contributed by atoms with van der Waals surface area (Å²) in [6.45, 7) is 3.18. The van der Waals surface area contributed by atoms with Crippen LogP contribution in [0.2, 0.25) is 0 Å². The maximum absolute atomic E-state index is 11.9. The van der Waals surface area contributed by atoms with E-state index in [0.717, 1.165) is 30.5 Å². The van der Waals surface area contributed by atoms with Crippen LogP contribution in [0.1, 0.15) is 43.4 Å². The van der Waals surface area contributed by atoms with Crippen molar-refractivity contribution >= 4 is 5.97 Å². The van der Waals surface area contributed by atoms with Crippen molar-refractivity contribution in [2.45, 2.75) is 38.3 Å². The molecule has 0 amide bonds. The largest absolute Gasteiger partial charge is 0.493 e. The Hall–Kier alpha value is -2.60. The summed E-state index contributed by atoms with van der Waals surface area (Å²) in [5.74, 6) is 0.552. The van der Waals surface area contributed by atoms with Gasteiger partial charge in [0, 0.05) is 12.4 Å². The van der Waals surface area contributed by atoms with Gasteiger partial charge in [0.2, 0.25) is 0 Å². The maximum Gasteiger partial charge on any atom is 0.320 e. The third kappa shape index (κ3) is 4.22. The molecule has 1 N–H and O–H groups in total. The van der Waals surface area contributed by atoms with E-state index in [4.69, 9.17) is 9.47 Å². The number of methoxy groups -OCH3 is 1. The molecule has 2 aromatic rings. The predicted molar refractivity (Wildman–Crippen MR) is 102 cm³/mol. The lowest BCUT2D eigenvalue weighted by atomic mass is 9.92. The number of hydrogen-bond acceptors (Lipinski definition) is 5. The Labute approximate surface area is 159 Å². The fraction of sp³-hybridized carbons (Fsp3) is 0.429. The summed E-state index contributed by atoms with van der Waals surface area (Å²) >= 11 is 0. The Morgan fingerprint density at radius 1 is 1.30 bits per heavy atom. The quantitative estimate of drug-likeness (QED) is 0.804. The van der Waals surface area contributed by atoms with Crippen LogP contribution >= 0.6 is 0 Å². The molecule has 27 heavy (non-hydrogen) atoms. The highest BCUT2D eigenvalue weighted by Crippen LogP contribution is 2.38. The maximum atomic E-state index is 11.9. The van der Waals surface area contributed by atoms with Crippen LogP contribution in [-0.4, -0.2) is 47.3 Å². The number of nitrogens with zero attached hydrogens (tertiary/aromatic N) is 2. The van der Waals surface area contributed by atoms with Gasteiger partial charge in [0.25, 0.3) is 0 Å². The number of ether oxygens (including phenoxy) is 2. The number of rotatable bonds is 7. The Kier molecular flexibility index (Phi) is 6.29. The molecule has 0 bridgehead atoms. The number of carboxylic acid groups (broad SMARTS) is 1. The standard InChI is InChI=1S/C21H26N2O4/c1-3-27-19-13-15(9-10-18(19)26-2)20(16-7-6-11-22-14-16)23-12-5-4-8-17(23)21(24)25/h6-7,9-11,13-14,17,20H,3-5,8,12H2,1-2H3,(H,24,25). The van der Waals surface area contributed by atoms with Gasteiger partial charge in [-0.25, -0.2) is 0 Å². The minimum absolute atomic E-state index is 0.204. The van der Waals surface area contributed by atoms with Crippen LogP contribution < -0.4 is 9.47 Å². The second kappa shape index (κ2) is 8.86. The second-order valence-electron chi connectivity index (χ2n) is 6.62. The van der Waals surface area contributed by atoms with Gasteiger partial charge in [-0.05, 0) is 55.6 Å². The van der Waals surface area contributed by atoms with Crippen LogP contribution in [0.5, 0.6) is 11.5 Å². The zero-order valence-corrected chi connectivity index (χ0v) is 15.8. The summed E-state index contributed by atoms with van der Waals surface area (Å²) in [6.07, 6.45) is 6.10. The molecule has 2 unspecified atom stereocenters. The van der Waals surface area contributed by atoms with Crippen LogP contribution in [0.3, 0.4) is 0 Å². The normalized spacial score (nSPS) is 18.7. The second-order valence-corrected chi connectivity index (χ2v) is 6.62. The minimum atomic E-state index is -0.776. The summed E-state index contributed by atoms with van der Waals surface area (Å²) in [6, 6.07) is 8.97. The third-order valence-corrected chi connectivity index (χ3v) is 4.96. The van der Waals surface area contributed by atoms with Gasteiger partial charge < -0.3 is 14.6 Å². The van der Waals surface area contributed by atoms with Gasteiger partial charge >= 0.3 is 5.97 Å². The van der Waals surface area contributed by atoms with Crippen molar-refractivity contribution in [3.8, 4) is 11.5 Å². The molecule has 1 aliphatic heterocycles.